The molecule has 10 rings (SSSR count). The molecule has 0 spiro atoms. The normalized spacial score (nSPS) is 11.8. The van der Waals surface area contributed by atoms with Crippen LogP contribution in [0.3, 0.4) is 0 Å². The Kier molecular flexibility index (Phi) is 6.05. The molecule has 3 nitrogen and oxygen atoms in total. The summed E-state index contributed by atoms with van der Waals surface area (Å²) in [5.41, 5.74) is 9.94. The van der Waals surface area contributed by atoms with E-state index >= 15 is 0 Å². The number of fused-ring (bicyclic) bond motifs is 7. The van der Waals surface area contributed by atoms with Crippen LogP contribution in [0.15, 0.2) is 164 Å². The lowest BCUT2D eigenvalue weighted by molar-refractivity contribution is 1.18. The summed E-state index contributed by atoms with van der Waals surface area (Å²) in [4.78, 5) is 10.4. The van der Waals surface area contributed by atoms with E-state index in [4.69, 9.17) is 9.97 Å². The van der Waals surface area contributed by atoms with Gasteiger partial charge < -0.3 is 4.57 Å². The molecule has 0 N–H and O–H groups in total. The van der Waals surface area contributed by atoms with E-state index in [0.29, 0.717) is 0 Å². The van der Waals surface area contributed by atoms with Crippen LogP contribution in [0.5, 0.6) is 0 Å². The molecule has 3 aromatic heterocycles. The molecule has 0 aliphatic rings. The summed E-state index contributed by atoms with van der Waals surface area (Å²) in [6, 6.07) is 58.4. The van der Waals surface area contributed by atoms with Crippen molar-refractivity contribution in [3.8, 4) is 39.5 Å². The molecule has 3 heterocycles. The molecular formula is C44H27N3S. The summed E-state index contributed by atoms with van der Waals surface area (Å²) < 4.78 is 4.73. The SMILES string of the molecule is c1ccc(-c2nc(-c3cccc(-c4ccc5c(c4)c4cc6ccccc6cc4n5-c4ccccc4)c3)nc3c2sc2ccccc23)cc1. The number of para-hydroxylation sites is 1. The molecule has 0 saturated carbocycles. The molecule has 224 valence electrons. The Morgan fingerprint density at radius 2 is 1.10 bits per heavy atom. The van der Waals surface area contributed by atoms with Crippen molar-refractivity contribution in [1.29, 1.82) is 0 Å². The van der Waals surface area contributed by atoms with Gasteiger partial charge in [-0.15, -0.1) is 11.3 Å². The lowest BCUT2D eigenvalue weighted by Crippen LogP contribution is -1.94. The molecule has 0 unspecified atom stereocenters. The topological polar surface area (TPSA) is 30.7 Å². The Bertz CT molecular complexity index is 2830. The quantitative estimate of drug-likeness (QED) is 0.194. The largest absolute Gasteiger partial charge is 0.309 e. The maximum Gasteiger partial charge on any atom is 0.160 e. The molecule has 0 atom stereocenters. The van der Waals surface area contributed by atoms with Gasteiger partial charge in [0, 0.05) is 37.7 Å². The number of hydrogen-bond donors (Lipinski definition) is 0. The van der Waals surface area contributed by atoms with Crippen LogP contribution in [-0.4, -0.2) is 14.5 Å². The highest BCUT2D eigenvalue weighted by atomic mass is 32.1. The van der Waals surface area contributed by atoms with Gasteiger partial charge in [-0.2, -0.15) is 0 Å². The Balaban J connectivity index is 1.17. The summed E-state index contributed by atoms with van der Waals surface area (Å²) in [6.45, 7) is 0. The van der Waals surface area contributed by atoms with Crippen molar-refractivity contribution in [1.82, 2.24) is 14.5 Å². The number of rotatable bonds is 4. The van der Waals surface area contributed by atoms with Gasteiger partial charge in [0.25, 0.3) is 0 Å². The molecule has 7 aromatic carbocycles. The van der Waals surface area contributed by atoms with Gasteiger partial charge in [0.05, 0.1) is 26.9 Å². The third-order valence-electron chi connectivity index (χ3n) is 9.37. The van der Waals surface area contributed by atoms with Crippen molar-refractivity contribution >= 4 is 64.2 Å². The minimum Gasteiger partial charge on any atom is -0.309 e. The molecule has 10 aromatic rings. The van der Waals surface area contributed by atoms with E-state index in [1.807, 2.05) is 6.07 Å². The zero-order chi connectivity index (χ0) is 31.6. The first-order valence-corrected chi connectivity index (χ1v) is 17.0. The van der Waals surface area contributed by atoms with Gasteiger partial charge >= 0.3 is 0 Å². The molecule has 0 fully saturated rings. The second-order valence-corrected chi connectivity index (χ2v) is 13.3. The fourth-order valence-corrected chi connectivity index (χ4v) is 8.24. The molecule has 0 saturated heterocycles. The fourth-order valence-electron chi connectivity index (χ4n) is 7.09. The highest BCUT2D eigenvalue weighted by Gasteiger charge is 2.18. The lowest BCUT2D eigenvalue weighted by atomic mass is 9.99. The fraction of sp³-hybridized carbons (Fsp3) is 0. The average molecular weight is 630 g/mol. The van der Waals surface area contributed by atoms with Crippen LogP contribution in [0, 0.1) is 0 Å². The van der Waals surface area contributed by atoms with E-state index in [0.717, 1.165) is 49.7 Å². The van der Waals surface area contributed by atoms with Crippen molar-refractivity contribution in [3.63, 3.8) is 0 Å². The van der Waals surface area contributed by atoms with Gasteiger partial charge in [0.1, 0.15) is 0 Å². The summed E-state index contributed by atoms with van der Waals surface area (Å²) in [7, 11) is 0. The van der Waals surface area contributed by atoms with E-state index in [1.165, 1.54) is 42.7 Å². The zero-order valence-corrected chi connectivity index (χ0v) is 26.7. The minimum absolute atomic E-state index is 0.736. The summed E-state index contributed by atoms with van der Waals surface area (Å²) in [6.07, 6.45) is 0. The van der Waals surface area contributed by atoms with Gasteiger partial charge in [-0.3, -0.25) is 0 Å². The van der Waals surface area contributed by atoms with Gasteiger partial charge in [-0.25, -0.2) is 9.97 Å². The zero-order valence-electron chi connectivity index (χ0n) is 25.8. The minimum atomic E-state index is 0.736. The molecule has 0 amide bonds. The van der Waals surface area contributed by atoms with Crippen LogP contribution < -0.4 is 0 Å². The number of benzene rings is 7. The van der Waals surface area contributed by atoms with Crippen molar-refractivity contribution in [2.45, 2.75) is 0 Å². The standard InChI is InChI=1S/C44H27N3S/c1-3-12-28(13-4-1)41-43-42(35-20-9-10-21-40(35)48-43)46-44(45-41)33-17-11-16-29(24-33)32-22-23-38-36(26-32)37-25-30-14-7-8-15-31(30)27-39(37)47(38)34-18-5-2-6-19-34/h1-27H. The number of aromatic nitrogens is 3. The summed E-state index contributed by atoms with van der Waals surface area (Å²) >= 11 is 1.76. The van der Waals surface area contributed by atoms with Crippen molar-refractivity contribution in [3.05, 3.63) is 164 Å². The maximum atomic E-state index is 5.22. The van der Waals surface area contributed by atoms with Crippen molar-refractivity contribution < 1.29 is 0 Å². The first-order valence-electron chi connectivity index (χ1n) is 16.2. The third-order valence-corrected chi connectivity index (χ3v) is 10.5. The second kappa shape index (κ2) is 10.7. The Labute approximate surface area is 281 Å². The predicted molar refractivity (Wildman–Crippen MR) is 203 cm³/mol. The van der Waals surface area contributed by atoms with Gasteiger partial charge in [0.2, 0.25) is 0 Å². The van der Waals surface area contributed by atoms with E-state index < -0.39 is 0 Å². The van der Waals surface area contributed by atoms with Crippen molar-refractivity contribution in [2.75, 3.05) is 0 Å². The Morgan fingerprint density at radius 1 is 0.438 bits per heavy atom. The second-order valence-electron chi connectivity index (χ2n) is 12.2. The number of hydrogen-bond acceptors (Lipinski definition) is 3. The lowest BCUT2D eigenvalue weighted by Gasteiger charge is -2.10. The van der Waals surface area contributed by atoms with Crippen molar-refractivity contribution in [2.24, 2.45) is 0 Å². The highest BCUT2D eigenvalue weighted by molar-refractivity contribution is 7.26. The smallest absolute Gasteiger partial charge is 0.160 e. The predicted octanol–water partition coefficient (Wildman–Crippen LogP) is 12.1. The molecule has 0 aliphatic carbocycles. The molecule has 0 radical (unpaired) electrons. The average Bonchev–Trinajstić information content (AvgIpc) is 3.69. The number of thiophene rings is 1. The van der Waals surface area contributed by atoms with Crippen LogP contribution in [0.2, 0.25) is 0 Å². The van der Waals surface area contributed by atoms with Crippen LogP contribution in [-0.2, 0) is 0 Å². The Morgan fingerprint density at radius 3 is 1.96 bits per heavy atom. The van der Waals surface area contributed by atoms with Gasteiger partial charge in [-0.05, 0) is 70.4 Å². The molecule has 48 heavy (non-hydrogen) atoms. The van der Waals surface area contributed by atoms with Crippen LogP contribution >= 0.6 is 11.3 Å². The van der Waals surface area contributed by atoms with Crippen LogP contribution in [0.4, 0.5) is 0 Å². The monoisotopic (exact) mass is 629 g/mol. The van der Waals surface area contributed by atoms with Crippen LogP contribution in [0.25, 0.3) is 92.3 Å². The molecule has 4 heteroatoms. The van der Waals surface area contributed by atoms with E-state index in [1.54, 1.807) is 11.3 Å². The summed E-state index contributed by atoms with van der Waals surface area (Å²) in [5, 5.41) is 6.13. The van der Waals surface area contributed by atoms with Crippen LogP contribution in [0.1, 0.15) is 0 Å². The Hall–Kier alpha value is -6.10. The van der Waals surface area contributed by atoms with Gasteiger partial charge in [0.15, 0.2) is 5.82 Å². The molecule has 0 aliphatic heterocycles. The summed E-state index contributed by atoms with van der Waals surface area (Å²) in [5.74, 6) is 0.736. The number of nitrogens with zero attached hydrogens (tertiary/aromatic N) is 3. The van der Waals surface area contributed by atoms with Gasteiger partial charge in [-0.1, -0.05) is 115 Å². The highest BCUT2D eigenvalue weighted by Crippen LogP contribution is 2.41. The first kappa shape index (κ1) is 27.1. The third kappa shape index (κ3) is 4.27. The van der Waals surface area contributed by atoms with E-state index in [-0.39, 0.29) is 0 Å². The van der Waals surface area contributed by atoms with E-state index in [2.05, 4.69) is 162 Å². The molecular weight excluding hydrogens is 603 g/mol. The maximum absolute atomic E-state index is 5.22. The molecule has 0 bridgehead atoms. The van der Waals surface area contributed by atoms with E-state index in [9.17, 15) is 0 Å². The first-order chi connectivity index (χ1) is 23.8.